The van der Waals surface area contributed by atoms with Crippen LogP contribution in [-0.2, 0) is 4.74 Å². The Balaban J connectivity index is 1.94. The summed E-state index contributed by atoms with van der Waals surface area (Å²) in [5.41, 5.74) is 4.02. The summed E-state index contributed by atoms with van der Waals surface area (Å²) in [4.78, 5) is 4.86. The molecule has 0 aliphatic carbocycles. The number of hydrogen-bond donors (Lipinski definition) is 1. The minimum absolute atomic E-state index is 0.0360. The van der Waals surface area contributed by atoms with Crippen molar-refractivity contribution in [3.63, 3.8) is 0 Å². The highest BCUT2D eigenvalue weighted by atomic mass is 16.6. The molecule has 0 saturated carbocycles. The summed E-state index contributed by atoms with van der Waals surface area (Å²) in [5.74, 6) is 0.591. The summed E-state index contributed by atoms with van der Waals surface area (Å²) in [6, 6.07) is 10.6. The van der Waals surface area contributed by atoms with E-state index in [2.05, 4.69) is 25.1 Å². The lowest BCUT2D eigenvalue weighted by molar-refractivity contribution is -0.756. The summed E-state index contributed by atoms with van der Waals surface area (Å²) >= 11 is 0. The van der Waals surface area contributed by atoms with E-state index in [4.69, 9.17) is 9.73 Å². The largest absolute Gasteiger partial charge is 0.437 e. The molecule has 1 N–H and O–H groups in total. The molecule has 1 aromatic rings. The fourth-order valence-corrected chi connectivity index (χ4v) is 3.42. The first-order valence-electron chi connectivity index (χ1n) is 7.77. The molecule has 3 aliphatic heterocycles. The topological polar surface area (TPSA) is 44.8 Å². The monoisotopic (exact) mass is 295 g/mol. The van der Waals surface area contributed by atoms with Gasteiger partial charge in [0.25, 0.3) is 5.71 Å². The first-order chi connectivity index (χ1) is 10.8. The minimum Gasteiger partial charge on any atom is -0.437 e. The zero-order valence-electron chi connectivity index (χ0n) is 12.6. The van der Waals surface area contributed by atoms with Crippen LogP contribution in [0.25, 0.3) is 0 Å². The Morgan fingerprint density at radius 3 is 2.91 bits per heavy atom. The third kappa shape index (κ3) is 1.98. The summed E-state index contributed by atoms with van der Waals surface area (Å²) in [6.07, 6.45) is 5.82. The lowest BCUT2D eigenvalue weighted by atomic mass is 9.80. The van der Waals surface area contributed by atoms with Crippen LogP contribution >= 0.6 is 0 Å². The van der Waals surface area contributed by atoms with Gasteiger partial charge in [0.05, 0.1) is 16.2 Å². The molecule has 4 nitrogen and oxygen atoms in total. The molecular formula is C18H19N2O2+. The zero-order chi connectivity index (χ0) is 15.1. The maximum atomic E-state index is 10.5. The van der Waals surface area contributed by atoms with Crippen LogP contribution in [0, 0.1) is 0 Å². The van der Waals surface area contributed by atoms with Crippen LogP contribution in [0.15, 0.2) is 58.9 Å². The predicted octanol–water partition coefficient (Wildman–Crippen LogP) is 3.05. The molecule has 22 heavy (non-hydrogen) atoms. The van der Waals surface area contributed by atoms with Crippen molar-refractivity contribution in [1.29, 1.82) is 0 Å². The molecule has 112 valence electrons. The number of rotatable bonds is 1. The number of benzene rings is 1. The van der Waals surface area contributed by atoms with Crippen molar-refractivity contribution >= 4 is 11.4 Å². The van der Waals surface area contributed by atoms with Crippen molar-refractivity contribution in [1.82, 2.24) is 0 Å². The Labute approximate surface area is 129 Å². The standard InChI is InChI=1S/C18H19N2O2/c1-12-9-10-15-17(19-12)16(13-6-3-2-4-7-13)14-8-5-11-22-18(14)20(15)21/h2-8,12,16,21H,9-11H2,1H3/q+1. The van der Waals surface area contributed by atoms with Crippen molar-refractivity contribution in [2.75, 3.05) is 6.61 Å². The van der Waals surface area contributed by atoms with E-state index in [1.807, 2.05) is 24.3 Å². The second-order valence-electron chi connectivity index (χ2n) is 5.98. The molecule has 0 saturated heterocycles. The normalized spacial score (nSPS) is 27.0. The number of hydroxylamine groups is 1. The predicted molar refractivity (Wildman–Crippen MR) is 84.5 cm³/mol. The van der Waals surface area contributed by atoms with Crippen molar-refractivity contribution < 1.29 is 14.7 Å². The number of aliphatic imine (C=N–C) groups is 1. The van der Waals surface area contributed by atoms with Crippen LogP contribution in [-0.4, -0.2) is 34.0 Å². The molecule has 3 heterocycles. The molecule has 0 fully saturated rings. The van der Waals surface area contributed by atoms with E-state index in [1.54, 1.807) is 0 Å². The molecule has 0 aromatic heterocycles. The highest BCUT2D eigenvalue weighted by Crippen LogP contribution is 2.37. The quantitative estimate of drug-likeness (QED) is 0.639. The summed E-state index contributed by atoms with van der Waals surface area (Å²) in [6.45, 7) is 2.62. The number of fused-ring (bicyclic) bond motifs is 1. The molecule has 0 spiro atoms. The van der Waals surface area contributed by atoms with Gasteiger partial charge in [-0.05, 0) is 31.1 Å². The van der Waals surface area contributed by atoms with Gasteiger partial charge in [-0.1, -0.05) is 30.3 Å². The minimum atomic E-state index is 0.0360. The van der Waals surface area contributed by atoms with Gasteiger partial charge in [-0.25, -0.2) is 0 Å². The number of nitrogens with zero attached hydrogens (tertiary/aromatic N) is 2. The molecule has 0 radical (unpaired) electrons. The van der Waals surface area contributed by atoms with Gasteiger partial charge in [0.15, 0.2) is 0 Å². The van der Waals surface area contributed by atoms with Gasteiger partial charge in [0, 0.05) is 12.5 Å². The van der Waals surface area contributed by atoms with Crippen LogP contribution in [0.1, 0.15) is 31.2 Å². The fraction of sp³-hybridized carbons (Fsp3) is 0.333. The van der Waals surface area contributed by atoms with Gasteiger partial charge in [0.1, 0.15) is 12.3 Å². The molecule has 2 unspecified atom stereocenters. The molecule has 0 amide bonds. The third-order valence-electron chi connectivity index (χ3n) is 4.48. The average molecular weight is 295 g/mol. The fourth-order valence-electron chi connectivity index (χ4n) is 3.42. The van der Waals surface area contributed by atoms with Gasteiger partial charge in [-0.15, -0.1) is 0 Å². The summed E-state index contributed by atoms with van der Waals surface area (Å²) in [5, 5.41) is 10.5. The maximum Gasteiger partial charge on any atom is 0.421 e. The second-order valence-corrected chi connectivity index (χ2v) is 5.98. The Morgan fingerprint density at radius 1 is 1.27 bits per heavy atom. The van der Waals surface area contributed by atoms with E-state index in [1.165, 1.54) is 10.3 Å². The van der Waals surface area contributed by atoms with Crippen LogP contribution in [0.3, 0.4) is 0 Å². The lowest BCUT2D eigenvalue weighted by Gasteiger charge is -2.29. The van der Waals surface area contributed by atoms with Crippen molar-refractivity contribution in [2.45, 2.75) is 31.7 Å². The third-order valence-corrected chi connectivity index (χ3v) is 4.48. The van der Waals surface area contributed by atoms with Crippen molar-refractivity contribution in [3.05, 3.63) is 59.5 Å². The number of allylic oxidation sites excluding steroid dienone is 2. The second kappa shape index (κ2) is 5.13. The Bertz CT molecular complexity index is 729. The van der Waals surface area contributed by atoms with Crippen LogP contribution in [0.5, 0.6) is 0 Å². The molecule has 0 bridgehead atoms. The Morgan fingerprint density at radius 2 is 2.09 bits per heavy atom. The van der Waals surface area contributed by atoms with Gasteiger partial charge in [0.2, 0.25) is 0 Å². The maximum absolute atomic E-state index is 10.5. The van der Waals surface area contributed by atoms with E-state index in [-0.39, 0.29) is 12.0 Å². The first-order valence-corrected chi connectivity index (χ1v) is 7.77. The molecule has 3 aliphatic rings. The first kappa shape index (κ1) is 13.3. The smallest absolute Gasteiger partial charge is 0.421 e. The Hall–Kier alpha value is -2.36. The number of hydrogen-bond acceptors (Lipinski definition) is 3. The summed E-state index contributed by atoms with van der Waals surface area (Å²) in [7, 11) is 0. The zero-order valence-corrected chi connectivity index (χ0v) is 12.6. The Kier molecular flexibility index (Phi) is 3.10. The molecule has 4 rings (SSSR count). The van der Waals surface area contributed by atoms with Gasteiger partial charge in [-0.2, -0.15) is 0 Å². The van der Waals surface area contributed by atoms with Crippen LogP contribution in [0.4, 0.5) is 0 Å². The summed E-state index contributed by atoms with van der Waals surface area (Å²) < 4.78 is 6.93. The van der Waals surface area contributed by atoms with E-state index in [0.717, 1.165) is 29.8 Å². The van der Waals surface area contributed by atoms with Gasteiger partial charge in [-0.3, -0.25) is 10.2 Å². The van der Waals surface area contributed by atoms with Crippen molar-refractivity contribution in [2.24, 2.45) is 4.99 Å². The van der Waals surface area contributed by atoms with Gasteiger partial charge < -0.3 is 4.74 Å². The van der Waals surface area contributed by atoms with Crippen molar-refractivity contribution in [3.8, 4) is 0 Å². The lowest BCUT2D eigenvalue weighted by Crippen LogP contribution is -2.41. The van der Waals surface area contributed by atoms with Gasteiger partial charge >= 0.3 is 5.88 Å². The van der Waals surface area contributed by atoms with Crippen LogP contribution in [0.2, 0.25) is 0 Å². The van der Waals surface area contributed by atoms with E-state index in [0.29, 0.717) is 12.5 Å². The molecule has 1 aromatic carbocycles. The SMILES string of the molecule is CC1CCC2=[N+](O)C3=C(C=CCO3)C(c3ccccc3)C2=N1. The van der Waals surface area contributed by atoms with Crippen LogP contribution < -0.4 is 0 Å². The number of ether oxygens (including phenoxy) is 1. The van der Waals surface area contributed by atoms with E-state index >= 15 is 0 Å². The van der Waals surface area contributed by atoms with E-state index in [9.17, 15) is 5.21 Å². The average Bonchev–Trinajstić information content (AvgIpc) is 2.56. The highest BCUT2D eigenvalue weighted by Gasteiger charge is 2.45. The molecular weight excluding hydrogens is 276 g/mol. The molecule has 4 heteroatoms. The van der Waals surface area contributed by atoms with E-state index < -0.39 is 0 Å². The molecule has 2 atom stereocenters. The highest BCUT2D eigenvalue weighted by molar-refractivity contribution is 6.44.